The molecule has 0 unspecified atom stereocenters. The highest BCUT2D eigenvalue weighted by molar-refractivity contribution is 5.96. The van der Waals surface area contributed by atoms with Gasteiger partial charge in [0.25, 0.3) is 5.91 Å². The predicted octanol–water partition coefficient (Wildman–Crippen LogP) is -2.37. The van der Waals surface area contributed by atoms with Crippen molar-refractivity contribution in [3.8, 4) is 0 Å². The zero-order valence-corrected chi connectivity index (χ0v) is 9.01. The summed E-state index contributed by atoms with van der Waals surface area (Å²) in [7, 11) is 1.11. The molecule has 2 rings (SSSR count). The van der Waals surface area contributed by atoms with E-state index in [1.165, 1.54) is 0 Å². The van der Waals surface area contributed by atoms with E-state index in [-0.39, 0.29) is 11.3 Å². The molecular formula is C7H7N7O4. The van der Waals surface area contributed by atoms with Gasteiger partial charge in [-0.2, -0.15) is 5.01 Å². The molecular weight excluding hydrogens is 246 g/mol. The largest absolute Gasteiger partial charge is 0.464 e. The minimum Gasteiger partial charge on any atom is -0.464 e. The highest BCUT2D eigenvalue weighted by atomic mass is 16.4. The third-order valence-electron chi connectivity index (χ3n) is 2.14. The number of primary amides is 1. The van der Waals surface area contributed by atoms with Gasteiger partial charge in [-0.25, -0.2) is 19.0 Å². The van der Waals surface area contributed by atoms with Crippen molar-refractivity contribution in [2.24, 2.45) is 5.73 Å². The smallest absolute Gasteiger partial charge is 0.427 e. The molecule has 18 heavy (non-hydrogen) atoms. The summed E-state index contributed by atoms with van der Waals surface area (Å²) in [5.74, 6) is -0.865. The van der Waals surface area contributed by atoms with Crippen LogP contribution in [0.15, 0.2) is 11.1 Å². The van der Waals surface area contributed by atoms with Crippen molar-refractivity contribution in [1.29, 1.82) is 0 Å². The Morgan fingerprint density at radius 3 is 2.72 bits per heavy atom. The fourth-order valence-corrected chi connectivity index (χ4v) is 1.24. The Balaban J connectivity index is 2.70. The van der Waals surface area contributed by atoms with Crippen molar-refractivity contribution in [3.05, 3.63) is 22.5 Å². The molecule has 0 aliphatic rings. The molecule has 0 aliphatic carbocycles. The first-order valence-corrected chi connectivity index (χ1v) is 4.53. The molecule has 2 aromatic heterocycles. The van der Waals surface area contributed by atoms with Crippen LogP contribution < -0.4 is 16.4 Å². The first kappa shape index (κ1) is 11.5. The van der Waals surface area contributed by atoms with Gasteiger partial charge in [-0.3, -0.25) is 4.79 Å². The number of carbonyl (C=O) groups excluding carboxylic acids is 1. The van der Waals surface area contributed by atoms with Gasteiger partial charge in [0.05, 0.1) is 0 Å². The van der Waals surface area contributed by atoms with E-state index in [0.29, 0.717) is 9.80 Å². The van der Waals surface area contributed by atoms with Gasteiger partial charge in [0, 0.05) is 7.05 Å². The zero-order chi connectivity index (χ0) is 13.4. The van der Waals surface area contributed by atoms with Gasteiger partial charge in [0.1, 0.15) is 6.33 Å². The Bertz CT molecular complexity index is 701. The van der Waals surface area contributed by atoms with Crippen LogP contribution >= 0.6 is 0 Å². The van der Waals surface area contributed by atoms with Crippen LogP contribution in [0.2, 0.25) is 0 Å². The van der Waals surface area contributed by atoms with E-state index >= 15 is 0 Å². The predicted molar refractivity (Wildman–Crippen MR) is 55.7 cm³/mol. The number of nitrogens with two attached hydrogens (primary N) is 1. The van der Waals surface area contributed by atoms with E-state index in [2.05, 4.69) is 15.3 Å². The van der Waals surface area contributed by atoms with Crippen molar-refractivity contribution >= 4 is 17.6 Å². The Morgan fingerprint density at radius 2 is 2.17 bits per heavy atom. The minimum atomic E-state index is -1.40. The summed E-state index contributed by atoms with van der Waals surface area (Å²) in [4.78, 5) is 37.6. The van der Waals surface area contributed by atoms with Crippen molar-refractivity contribution in [2.75, 3.05) is 12.1 Å². The number of nitrogens with zero attached hydrogens (tertiary/aromatic N) is 6. The molecule has 0 atom stereocenters. The molecule has 0 aromatic carbocycles. The number of hydrogen-bond donors (Lipinski definition) is 2. The molecule has 94 valence electrons. The van der Waals surface area contributed by atoms with E-state index in [1.807, 2.05) is 0 Å². The lowest BCUT2D eigenvalue weighted by Gasteiger charge is -2.12. The van der Waals surface area contributed by atoms with Crippen LogP contribution in [0, 0.1) is 0 Å². The maximum atomic E-state index is 11.8. The minimum absolute atomic E-state index is 0.137. The van der Waals surface area contributed by atoms with E-state index in [9.17, 15) is 14.4 Å². The number of hydrogen-bond acceptors (Lipinski definition) is 6. The van der Waals surface area contributed by atoms with Crippen LogP contribution in [-0.2, 0) is 0 Å². The van der Waals surface area contributed by atoms with E-state index < -0.39 is 17.7 Å². The number of rotatable bonds is 2. The molecule has 0 aliphatic heterocycles. The molecule has 3 N–H and O–H groups in total. The topological polar surface area (TPSA) is 149 Å². The van der Waals surface area contributed by atoms with Gasteiger partial charge in [0.15, 0.2) is 11.3 Å². The van der Waals surface area contributed by atoms with Gasteiger partial charge in [-0.1, -0.05) is 4.79 Å². The molecule has 2 heterocycles. The number of aromatic nitrogens is 5. The third-order valence-corrected chi connectivity index (χ3v) is 2.14. The number of carboxylic acid groups (broad SMARTS) is 1. The summed E-state index contributed by atoms with van der Waals surface area (Å²) in [5.41, 5.74) is 3.83. The van der Waals surface area contributed by atoms with Crippen LogP contribution in [0.5, 0.6) is 0 Å². The standard InChI is InChI=1S/C7H7N7O4/c1-12(7(17)18)14-6(16)13-2-9-3(4(8)15)5(13)10-11-14/h2H,1H3,(H2,8,15)(H,17,18). The maximum absolute atomic E-state index is 11.8. The first-order chi connectivity index (χ1) is 8.43. The number of amides is 2. The van der Waals surface area contributed by atoms with Gasteiger partial charge >= 0.3 is 11.8 Å². The van der Waals surface area contributed by atoms with Crippen LogP contribution in [-0.4, -0.2) is 48.6 Å². The van der Waals surface area contributed by atoms with Gasteiger partial charge in [-0.15, -0.1) is 5.10 Å². The fraction of sp³-hybridized carbons (Fsp3) is 0.143. The Kier molecular flexibility index (Phi) is 2.43. The van der Waals surface area contributed by atoms with Gasteiger partial charge < -0.3 is 10.8 Å². The van der Waals surface area contributed by atoms with Crippen molar-refractivity contribution in [1.82, 2.24) is 24.5 Å². The monoisotopic (exact) mass is 253 g/mol. The Morgan fingerprint density at radius 1 is 1.50 bits per heavy atom. The molecule has 0 spiro atoms. The molecule has 0 bridgehead atoms. The summed E-state index contributed by atoms with van der Waals surface area (Å²) in [6.45, 7) is 0. The normalized spacial score (nSPS) is 10.5. The molecule has 2 amide bonds. The summed E-state index contributed by atoms with van der Waals surface area (Å²) in [6, 6.07) is 0. The lowest BCUT2D eigenvalue weighted by Crippen LogP contribution is -2.46. The van der Waals surface area contributed by atoms with Crippen LogP contribution in [0.25, 0.3) is 5.65 Å². The highest BCUT2D eigenvalue weighted by Gasteiger charge is 2.18. The number of imidazole rings is 1. The SMILES string of the molecule is CN(C(=O)O)n1nnc2c(C(N)=O)ncn2c1=O. The zero-order valence-electron chi connectivity index (χ0n) is 9.01. The molecule has 0 saturated carbocycles. The lowest BCUT2D eigenvalue weighted by atomic mass is 10.4. The van der Waals surface area contributed by atoms with E-state index in [4.69, 9.17) is 10.8 Å². The summed E-state index contributed by atoms with van der Waals surface area (Å²) >= 11 is 0. The number of fused-ring (bicyclic) bond motifs is 1. The van der Waals surface area contributed by atoms with Crippen molar-refractivity contribution < 1.29 is 14.7 Å². The second-order valence-electron chi connectivity index (χ2n) is 3.22. The van der Waals surface area contributed by atoms with Crippen molar-refractivity contribution in [2.45, 2.75) is 0 Å². The summed E-state index contributed by atoms with van der Waals surface area (Å²) < 4.78 is 0.868. The molecule has 11 nitrogen and oxygen atoms in total. The van der Waals surface area contributed by atoms with E-state index in [0.717, 1.165) is 17.8 Å². The Labute approximate surface area is 98.0 Å². The average Bonchev–Trinajstić information content (AvgIpc) is 2.73. The molecule has 2 aromatic rings. The first-order valence-electron chi connectivity index (χ1n) is 4.53. The molecule has 0 fully saturated rings. The van der Waals surface area contributed by atoms with E-state index in [1.54, 1.807) is 0 Å². The van der Waals surface area contributed by atoms with Crippen LogP contribution in [0.1, 0.15) is 10.5 Å². The summed E-state index contributed by atoms with van der Waals surface area (Å²) in [5, 5.41) is 16.2. The second-order valence-corrected chi connectivity index (χ2v) is 3.22. The fourth-order valence-electron chi connectivity index (χ4n) is 1.24. The average molecular weight is 253 g/mol. The van der Waals surface area contributed by atoms with Crippen LogP contribution in [0.3, 0.4) is 0 Å². The quantitative estimate of drug-likeness (QED) is 0.607. The number of carbonyl (C=O) groups is 2. The second kappa shape index (κ2) is 3.80. The van der Waals surface area contributed by atoms with Gasteiger partial charge in [-0.05, 0) is 5.21 Å². The molecule has 0 radical (unpaired) electrons. The lowest BCUT2D eigenvalue weighted by molar-refractivity contribution is 0.0997. The van der Waals surface area contributed by atoms with Crippen LogP contribution in [0.4, 0.5) is 4.79 Å². The third kappa shape index (κ3) is 1.53. The Hall–Kier alpha value is -2.98. The van der Waals surface area contributed by atoms with Crippen molar-refractivity contribution in [3.63, 3.8) is 0 Å². The molecule has 11 heteroatoms. The summed E-state index contributed by atoms with van der Waals surface area (Å²) in [6.07, 6.45) is -0.389. The highest BCUT2D eigenvalue weighted by Crippen LogP contribution is 2.00. The maximum Gasteiger partial charge on any atom is 0.427 e. The van der Waals surface area contributed by atoms with Gasteiger partial charge in [0.2, 0.25) is 0 Å². The molecule has 0 saturated heterocycles.